The molecule has 1 aromatic heterocycles. The van der Waals surface area contributed by atoms with Crippen LogP contribution in [-0.2, 0) is 0 Å². The maximum Gasteiger partial charge on any atom is 0.242 e. The van der Waals surface area contributed by atoms with Crippen LogP contribution in [0.4, 0.5) is 11.5 Å². The first-order valence-corrected chi connectivity index (χ1v) is 8.15. The second kappa shape index (κ2) is 9.72. The minimum Gasteiger partial charge on any atom is -0.476 e. The molecule has 0 aliphatic carbocycles. The fourth-order valence-electron chi connectivity index (χ4n) is 1.59. The number of ether oxygens (including phenoxy) is 1. The highest BCUT2D eigenvalue weighted by atomic mass is 32.2. The summed E-state index contributed by atoms with van der Waals surface area (Å²) in [5, 5.41) is 3.24. The SMILES string of the molecule is CCCOc1ncnc(NCCCCCSC)c1N. The van der Waals surface area contributed by atoms with Crippen LogP contribution < -0.4 is 15.8 Å². The van der Waals surface area contributed by atoms with E-state index in [-0.39, 0.29) is 0 Å². The van der Waals surface area contributed by atoms with Gasteiger partial charge < -0.3 is 15.8 Å². The number of nitrogens with one attached hydrogen (secondary N) is 1. The summed E-state index contributed by atoms with van der Waals surface area (Å²) in [6.45, 7) is 3.54. The van der Waals surface area contributed by atoms with Crippen LogP contribution in [0.5, 0.6) is 5.88 Å². The zero-order valence-electron chi connectivity index (χ0n) is 11.8. The van der Waals surface area contributed by atoms with Crippen molar-refractivity contribution in [1.82, 2.24) is 9.97 Å². The Morgan fingerprint density at radius 2 is 2.16 bits per heavy atom. The highest BCUT2D eigenvalue weighted by Crippen LogP contribution is 2.24. The van der Waals surface area contributed by atoms with Gasteiger partial charge in [0, 0.05) is 6.54 Å². The molecule has 0 aliphatic heterocycles. The zero-order chi connectivity index (χ0) is 13.9. The molecule has 0 radical (unpaired) electrons. The van der Waals surface area contributed by atoms with Crippen molar-refractivity contribution in [1.29, 1.82) is 0 Å². The monoisotopic (exact) mass is 284 g/mol. The molecule has 1 heterocycles. The second-order valence-corrected chi connectivity index (χ2v) is 5.26. The molecule has 1 aromatic rings. The average Bonchev–Trinajstić information content (AvgIpc) is 2.43. The summed E-state index contributed by atoms with van der Waals surface area (Å²) < 4.78 is 5.47. The van der Waals surface area contributed by atoms with E-state index in [0.29, 0.717) is 24.0 Å². The number of aromatic nitrogens is 2. The van der Waals surface area contributed by atoms with Crippen LogP contribution in [0.25, 0.3) is 0 Å². The van der Waals surface area contributed by atoms with Crippen LogP contribution in [0.15, 0.2) is 6.33 Å². The number of rotatable bonds is 10. The Labute approximate surface area is 119 Å². The number of hydrogen-bond donors (Lipinski definition) is 2. The van der Waals surface area contributed by atoms with Gasteiger partial charge in [-0.25, -0.2) is 4.98 Å². The number of hydrogen-bond acceptors (Lipinski definition) is 6. The summed E-state index contributed by atoms with van der Waals surface area (Å²) in [5.74, 6) is 2.37. The van der Waals surface area contributed by atoms with Crippen LogP contribution in [0.3, 0.4) is 0 Å². The number of thioether (sulfide) groups is 1. The number of nitrogen functional groups attached to an aromatic ring is 1. The number of nitrogens with zero attached hydrogens (tertiary/aromatic N) is 2. The zero-order valence-corrected chi connectivity index (χ0v) is 12.6. The van der Waals surface area contributed by atoms with E-state index >= 15 is 0 Å². The van der Waals surface area contributed by atoms with Crippen molar-refractivity contribution in [2.45, 2.75) is 32.6 Å². The lowest BCUT2D eigenvalue weighted by atomic mass is 10.2. The van der Waals surface area contributed by atoms with Crippen LogP contribution >= 0.6 is 11.8 Å². The molecule has 3 N–H and O–H groups in total. The highest BCUT2D eigenvalue weighted by Gasteiger charge is 2.08. The first-order chi connectivity index (χ1) is 9.29. The van der Waals surface area contributed by atoms with Crippen LogP contribution in [0.1, 0.15) is 32.6 Å². The maximum absolute atomic E-state index is 5.97. The van der Waals surface area contributed by atoms with Gasteiger partial charge in [0.2, 0.25) is 5.88 Å². The van der Waals surface area contributed by atoms with Crippen LogP contribution in [-0.4, -0.2) is 35.1 Å². The van der Waals surface area contributed by atoms with Gasteiger partial charge in [0.1, 0.15) is 12.0 Å². The Balaban J connectivity index is 2.36. The molecular formula is C13H24N4OS. The lowest BCUT2D eigenvalue weighted by molar-refractivity contribution is 0.306. The highest BCUT2D eigenvalue weighted by molar-refractivity contribution is 7.98. The Morgan fingerprint density at radius 3 is 2.89 bits per heavy atom. The fourth-order valence-corrected chi connectivity index (χ4v) is 2.08. The number of nitrogens with two attached hydrogens (primary N) is 1. The third-order valence-electron chi connectivity index (χ3n) is 2.61. The molecule has 108 valence electrons. The predicted octanol–water partition coefficient (Wildman–Crippen LogP) is 2.79. The minimum atomic E-state index is 0.474. The number of anilines is 2. The normalized spacial score (nSPS) is 10.4. The van der Waals surface area contributed by atoms with E-state index in [1.54, 1.807) is 0 Å². The summed E-state index contributed by atoms with van der Waals surface area (Å²) in [4.78, 5) is 8.19. The Hall–Kier alpha value is -1.17. The molecule has 0 spiro atoms. The van der Waals surface area contributed by atoms with E-state index in [9.17, 15) is 0 Å². The van der Waals surface area contributed by atoms with Gasteiger partial charge in [0.05, 0.1) is 6.61 Å². The topological polar surface area (TPSA) is 73.1 Å². The summed E-state index contributed by atoms with van der Waals surface area (Å²) in [7, 11) is 0. The summed E-state index contributed by atoms with van der Waals surface area (Å²) in [5.41, 5.74) is 6.47. The lowest BCUT2D eigenvalue weighted by Crippen LogP contribution is -2.09. The average molecular weight is 284 g/mol. The van der Waals surface area contributed by atoms with Crippen LogP contribution in [0.2, 0.25) is 0 Å². The minimum absolute atomic E-state index is 0.474. The van der Waals surface area contributed by atoms with Gasteiger partial charge in [0.25, 0.3) is 0 Å². The van der Waals surface area contributed by atoms with Crippen molar-refractivity contribution in [3.05, 3.63) is 6.33 Å². The molecule has 0 aromatic carbocycles. The van der Waals surface area contributed by atoms with E-state index in [1.165, 1.54) is 24.9 Å². The second-order valence-electron chi connectivity index (χ2n) is 4.27. The Kier molecular flexibility index (Phi) is 8.13. The van der Waals surface area contributed by atoms with Gasteiger partial charge in [-0.3, -0.25) is 0 Å². The summed E-state index contributed by atoms with van der Waals surface area (Å²) >= 11 is 1.89. The first-order valence-electron chi connectivity index (χ1n) is 6.75. The number of unbranched alkanes of at least 4 members (excludes halogenated alkanes) is 2. The molecular weight excluding hydrogens is 260 g/mol. The largest absolute Gasteiger partial charge is 0.476 e. The van der Waals surface area contributed by atoms with Gasteiger partial charge in [0.15, 0.2) is 5.82 Å². The van der Waals surface area contributed by atoms with Crippen molar-refractivity contribution >= 4 is 23.3 Å². The molecule has 1 rings (SSSR count). The molecule has 0 bridgehead atoms. The van der Waals surface area contributed by atoms with Crippen molar-refractivity contribution in [3.8, 4) is 5.88 Å². The molecule has 5 nitrogen and oxygen atoms in total. The van der Waals surface area contributed by atoms with E-state index in [4.69, 9.17) is 10.5 Å². The Bertz CT molecular complexity index is 362. The van der Waals surface area contributed by atoms with Crippen molar-refractivity contribution in [2.24, 2.45) is 0 Å². The van der Waals surface area contributed by atoms with Crippen LogP contribution in [0, 0.1) is 0 Å². The molecule has 6 heteroatoms. The third kappa shape index (κ3) is 6.00. The molecule has 0 atom stereocenters. The smallest absolute Gasteiger partial charge is 0.242 e. The van der Waals surface area contributed by atoms with Gasteiger partial charge in [-0.15, -0.1) is 0 Å². The maximum atomic E-state index is 5.97. The molecule has 19 heavy (non-hydrogen) atoms. The molecule has 0 unspecified atom stereocenters. The van der Waals surface area contributed by atoms with E-state index < -0.39 is 0 Å². The standard InChI is InChI=1S/C13H24N4OS/c1-3-8-18-13-11(14)12(16-10-17-13)15-7-5-4-6-9-19-2/h10H,3-9,14H2,1-2H3,(H,15,16,17). The van der Waals surface area contributed by atoms with E-state index in [1.807, 2.05) is 18.7 Å². The van der Waals surface area contributed by atoms with Gasteiger partial charge in [-0.05, 0) is 31.3 Å². The fraction of sp³-hybridized carbons (Fsp3) is 0.692. The lowest BCUT2D eigenvalue weighted by Gasteiger charge is -2.11. The van der Waals surface area contributed by atoms with E-state index in [0.717, 1.165) is 19.4 Å². The van der Waals surface area contributed by atoms with Gasteiger partial charge in [-0.1, -0.05) is 13.3 Å². The summed E-state index contributed by atoms with van der Waals surface area (Å²) in [6, 6.07) is 0. The van der Waals surface area contributed by atoms with Crippen molar-refractivity contribution in [2.75, 3.05) is 36.2 Å². The molecule has 0 saturated carbocycles. The third-order valence-corrected chi connectivity index (χ3v) is 3.30. The van der Waals surface area contributed by atoms with E-state index in [2.05, 4.69) is 21.5 Å². The molecule has 0 saturated heterocycles. The Morgan fingerprint density at radius 1 is 1.32 bits per heavy atom. The molecule has 0 fully saturated rings. The summed E-state index contributed by atoms with van der Waals surface area (Å²) in [6.07, 6.45) is 8.15. The van der Waals surface area contributed by atoms with Crippen molar-refractivity contribution in [3.63, 3.8) is 0 Å². The molecule has 0 aliphatic rings. The first kappa shape index (κ1) is 15.9. The van der Waals surface area contributed by atoms with Gasteiger partial charge >= 0.3 is 0 Å². The van der Waals surface area contributed by atoms with Gasteiger partial charge in [-0.2, -0.15) is 16.7 Å². The van der Waals surface area contributed by atoms with Crippen molar-refractivity contribution < 1.29 is 4.74 Å². The quantitative estimate of drug-likeness (QED) is 0.644. The predicted molar refractivity (Wildman–Crippen MR) is 83.0 cm³/mol. The molecule has 0 amide bonds.